The van der Waals surface area contributed by atoms with Crippen molar-refractivity contribution < 1.29 is 4.79 Å². The monoisotopic (exact) mass is 408 g/mol. The first-order valence-electron chi connectivity index (χ1n) is 9.98. The number of nitrogens with one attached hydrogen (secondary N) is 1. The molecule has 1 amide bonds. The highest BCUT2D eigenvalue weighted by Gasteiger charge is 2.22. The van der Waals surface area contributed by atoms with E-state index in [1.807, 2.05) is 56.3 Å². The fourth-order valence-electron chi connectivity index (χ4n) is 3.24. The number of hydrogen-bond donors (Lipinski definition) is 1. The second-order valence-electron chi connectivity index (χ2n) is 7.36. The second-order valence-corrected chi connectivity index (χ2v) is 8.67. The number of carbonyl (C=O) groups is 1. The number of rotatable bonds is 7. The van der Waals surface area contributed by atoms with Gasteiger partial charge in [-0.3, -0.25) is 4.79 Å². The molecular weight excluding hydrogens is 380 g/mol. The van der Waals surface area contributed by atoms with Crippen LogP contribution in [-0.4, -0.2) is 25.9 Å². The Hall–Kier alpha value is -2.60. The molecule has 0 aliphatic carbocycles. The zero-order valence-corrected chi connectivity index (χ0v) is 18.5. The molecule has 3 rings (SSSR count). The fraction of sp³-hybridized carbons (Fsp3) is 0.348. The quantitative estimate of drug-likeness (QED) is 0.523. The molecule has 0 radical (unpaired) electrons. The van der Waals surface area contributed by atoms with Crippen molar-refractivity contribution in [1.82, 2.24) is 14.8 Å². The van der Waals surface area contributed by atoms with Gasteiger partial charge in [-0.25, -0.2) is 0 Å². The molecule has 1 heterocycles. The van der Waals surface area contributed by atoms with Gasteiger partial charge in [0.15, 0.2) is 11.0 Å². The Balaban J connectivity index is 1.79. The summed E-state index contributed by atoms with van der Waals surface area (Å²) < 4.78 is 2.05. The molecular formula is C23H28N4OS. The van der Waals surface area contributed by atoms with Crippen LogP contribution in [0.4, 0.5) is 5.69 Å². The predicted octanol–water partition coefficient (Wildman–Crippen LogP) is 5.52. The van der Waals surface area contributed by atoms with E-state index in [1.165, 1.54) is 11.8 Å². The average molecular weight is 409 g/mol. The molecule has 0 bridgehead atoms. The van der Waals surface area contributed by atoms with Crippen LogP contribution in [0.5, 0.6) is 0 Å². The Labute approximate surface area is 176 Å². The van der Waals surface area contributed by atoms with Gasteiger partial charge >= 0.3 is 0 Å². The third-order valence-corrected chi connectivity index (χ3v) is 5.97. The number of carbonyl (C=O) groups excluding carboxylic acids is 1. The summed E-state index contributed by atoms with van der Waals surface area (Å²) in [4.78, 5) is 12.9. The zero-order chi connectivity index (χ0) is 21.0. The van der Waals surface area contributed by atoms with E-state index in [1.54, 1.807) is 0 Å². The molecule has 1 aromatic heterocycles. The largest absolute Gasteiger partial charge is 0.325 e. The summed E-state index contributed by atoms with van der Waals surface area (Å²) in [5, 5.41) is 12.3. The highest BCUT2D eigenvalue weighted by atomic mass is 32.2. The summed E-state index contributed by atoms with van der Waals surface area (Å²) in [5.41, 5.74) is 4.16. The van der Waals surface area contributed by atoms with Gasteiger partial charge in [0.05, 0.1) is 5.25 Å². The highest BCUT2D eigenvalue weighted by molar-refractivity contribution is 8.00. The maximum Gasteiger partial charge on any atom is 0.237 e. The minimum absolute atomic E-state index is 0.0295. The minimum Gasteiger partial charge on any atom is -0.325 e. The number of benzene rings is 2. The molecule has 1 atom stereocenters. The normalized spacial score (nSPS) is 12.2. The van der Waals surface area contributed by atoms with Crippen molar-refractivity contribution in [3.8, 4) is 11.4 Å². The lowest BCUT2D eigenvalue weighted by molar-refractivity contribution is -0.115. The van der Waals surface area contributed by atoms with Gasteiger partial charge in [0.2, 0.25) is 5.91 Å². The lowest BCUT2D eigenvalue weighted by Crippen LogP contribution is -2.24. The van der Waals surface area contributed by atoms with Gasteiger partial charge in [0, 0.05) is 17.8 Å². The van der Waals surface area contributed by atoms with Crippen molar-refractivity contribution in [2.75, 3.05) is 5.32 Å². The van der Waals surface area contributed by atoms with Gasteiger partial charge in [0.25, 0.3) is 0 Å². The third-order valence-electron chi connectivity index (χ3n) is 4.89. The van der Waals surface area contributed by atoms with Crippen LogP contribution in [0.15, 0.2) is 53.7 Å². The summed E-state index contributed by atoms with van der Waals surface area (Å²) in [6.07, 6.45) is 0. The van der Waals surface area contributed by atoms with E-state index in [2.05, 4.69) is 46.9 Å². The average Bonchev–Trinajstić information content (AvgIpc) is 3.12. The lowest BCUT2D eigenvalue weighted by Gasteiger charge is -2.18. The van der Waals surface area contributed by atoms with Crippen LogP contribution in [-0.2, 0) is 11.3 Å². The molecule has 0 saturated heterocycles. The highest BCUT2D eigenvalue weighted by Crippen LogP contribution is 2.30. The summed E-state index contributed by atoms with van der Waals surface area (Å²) in [6.45, 7) is 11.0. The number of amides is 1. The predicted molar refractivity (Wildman–Crippen MR) is 120 cm³/mol. The van der Waals surface area contributed by atoms with Gasteiger partial charge in [-0.1, -0.05) is 74.1 Å². The summed E-state index contributed by atoms with van der Waals surface area (Å²) >= 11 is 1.44. The maximum absolute atomic E-state index is 12.9. The Bertz CT molecular complexity index is 982. The van der Waals surface area contributed by atoms with E-state index in [4.69, 9.17) is 0 Å². The lowest BCUT2D eigenvalue weighted by atomic mass is 9.98. The molecule has 1 N–H and O–H groups in total. The van der Waals surface area contributed by atoms with E-state index < -0.39 is 0 Å². The molecule has 0 aliphatic heterocycles. The van der Waals surface area contributed by atoms with Gasteiger partial charge in [-0.05, 0) is 37.8 Å². The number of anilines is 1. The molecule has 5 nitrogen and oxygen atoms in total. The van der Waals surface area contributed by atoms with E-state index in [9.17, 15) is 4.79 Å². The van der Waals surface area contributed by atoms with Crippen LogP contribution in [0, 0.1) is 6.92 Å². The molecule has 152 valence electrons. The van der Waals surface area contributed by atoms with Crippen molar-refractivity contribution in [2.24, 2.45) is 0 Å². The van der Waals surface area contributed by atoms with Crippen molar-refractivity contribution in [1.29, 1.82) is 0 Å². The Morgan fingerprint density at radius 2 is 1.79 bits per heavy atom. The smallest absolute Gasteiger partial charge is 0.237 e. The first-order chi connectivity index (χ1) is 13.9. The van der Waals surface area contributed by atoms with Gasteiger partial charge in [0.1, 0.15) is 0 Å². The SMILES string of the molecule is CCn1c(SC(C)C(=O)Nc2c(C)cccc2C(C)C)nnc1-c1ccccc1. The zero-order valence-electron chi connectivity index (χ0n) is 17.6. The number of hydrogen-bond acceptors (Lipinski definition) is 4. The van der Waals surface area contributed by atoms with E-state index in [-0.39, 0.29) is 11.2 Å². The summed E-state index contributed by atoms with van der Waals surface area (Å²) in [5.74, 6) is 1.13. The van der Waals surface area contributed by atoms with Crippen LogP contribution in [0.1, 0.15) is 44.7 Å². The van der Waals surface area contributed by atoms with Crippen molar-refractivity contribution >= 4 is 23.4 Å². The molecule has 3 aromatic rings. The van der Waals surface area contributed by atoms with Crippen LogP contribution >= 0.6 is 11.8 Å². The number of aromatic nitrogens is 3. The van der Waals surface area contributed by atoms with E-state index in [0.717, 1.165) is 39.9 Å². The second kappa shape index (κ2) is 9.27. The number of aryl methyl sites for hydroxylation is 1. The van der Waals surface area contributed by atoms with Crippen molar-refractivity contribution in [3.05, 3.63) is 59.7 Å². The summed E-state index contributed by atoms with van der Waals surface area (Å²) in [7, 11) is 0. The third kappa shape index (κ3) is 4.70. The number of para-hydroxylation sites is 1. The van der Waals surface area contributed by atoms with Crippen LogP contribution in [0.3, 0.4) is 0 Å². The van der Waals surface area contributed by atoms with Gasteiger partial charge < -0.3 is 9.88 Å². The number of nitrogens with zero attached hydrogens (tertiary/aromatic N) is 3. The molecule has 0 saturated carbocycles. The minimum atomic E-state index is -0.298. The Kier molecular flexibility index (Phi) is 6.75. The topological polar surface area (TPSA) is 59.8 Å². The molecule has 1 unspecified atom stereocenters. The molecule has 29 heavy (non-hydrogen) atoms. The van der Waals surface area contributed by atoms with Crippen LogP contribution < -0.4 is 5.32 Å². The fourth-order valence-corrected chi connectivity index (χ4v) is 4.15. The molecule has 2 aromatic carbocycles. The standard InChI is InChI=1S/C23H28N4OS/c1-6-27-21(18-12-8-7-9-13-18)25-26-23(27)29-17(5)22(28)24-20-16(4)11-10-14-19(20)15(2)3/h7-15,17H,6H2,1-5H3,(H,24,28). The Morgan fingerprint density at radius 3 is 2.45 bits per heavy atom. The van der Waals surface area contributed by atoms with Crippen molar-refractivity contribution in [2.45, 2.75) is 57.5 Å². The number of thioether (sulfide) groups is 1. The molecule has 0 aliphatic rings. The van der Waals surface area contributed by atoms with E-state index in [0.29, 0.717) is 5.92 Å². The first-order valence-corrected chi connectivity index (χ1v) is 10.9. The first kappa shape index (κ1) is 21.1. The molecule has 6 heteroatoms. The van der Waals surface area contributed by atoms with Crippen LogP contribution in [0.25, 0.3) is 11.4 Å². The Morgan fingerprint density at radius 1 is 1.07 bits per heavy atom. The maximum atomic E-state index is 12.9. The van der Waals surface area contributed by atoms with Gasteiger partial charge in [-0.15, -0.1) is 10.2 Å². The summed E-state index contributed by atoms with van der Waals surface area (Å²) in [6, 6.07) is 16.1. The van der Waals surface area contributed by atoms with Crippen LogP contribution in [0.2, 0.25) is 0 Å². The van der Waals surface area contributed by atoms with E-state index >= 15 is 0 Å². The molecule has 0 fully saturated rings. The molecule has 0 spiro atoms. The van der Waals surface area contributed by atoms with Gasteiger partial charge in [-0.2, -0.15) is 0 Å². The van der Waals surface area contributed by atoms with Crippen molar-refractivity contribution in [3.63, 3.8) is 0 Å².